The average Bonchev–Trinajstić information content (AvgIpc) is 2.53. The summed E-state index contributed by atoms with van der Waals surface area (Å²) in [7, 11) is -3.38. The van der Waals surface area contributed by atoms with E-state index < -0.39 is 10.0 Å². The molecule has 0 spiro atoms. The van der Waals surface area contributed by atoms with Crippen LogP contribution in [-0.2, 0) is 10.0 Å². The van der Waals surface area contributed by atoms with E-state index in [-0.39, 0.29) is 5.03 Å². The first-order valence-corrected chi connectivity index (χ1v) is 5.82. The highest BCUT2D eigenvalue weighted by atomic mass is 79.9. The van der Waals surface area contributed by atoms with Gasteiger partial charge in [-0.1, -0.05) is 15.9 Å². The summed E-state index contributed by atoms with van der Waals surface area (Å²) in [5.41, 5.74) is 0. The van der Waals surface area contributed by atoms with Crippen molar-refractivity contribution in [1.29, 1.82) is 0 Å². The maximum atomic E-state index is 11.2. The van der Waals surface area contributed by atoms with Crippen LogP contribution in [0.2, 0.25) is 0 Å². The lowest BCUT2D eigenvalue weighted by atomic mass is 10.8. The van der Waals surface area contributed by atoms with Crippen LogP contribution in [-0.4, -0.2) is 30.5 Å². The lowest BCUT2D eigenvalue weighted by molar-refractivity contribution is 0.580. The Kier molecular flexibility index (Phi) is 3.24. The summed E-state index contributed by atoms with van der Waals surface area (Å²) in [4.78, 5) is 0. The molecule has 5 nitrogen and oxygen atoms in total. The van der Waals surface area contributed by atoms with Crippen LogP contribution in [0.1, 0.15) is 0 Å². The Hall–Kier alpha value is -0.400. The number of rotatable bonds is 4. The second-order valence-electron chi connectivity index (χ2n) is 2.01. The summed E-state index contributed by atoms with van der Waals surface area (Å²) >= 11 is 3.11. The van der Waals surface area contributed by atoms with Gasteiger partial charge < -0.3 is 0 Å². The predicted octanol–water partition coefficient (Wildman–Crippen LogP) is 0.0829. The minimum Gasteiger partial charge on any atom is -0.266 e. The third-order valence-electron chi connectivity index (χ3n) is 1.15. The van der Waals surface area contributed by atoms with Gasteiger partial charge in [-0.15, -0.1) is 0 Å². The summed E-state index contributed by atoms with van der Waals surface area (Å²) < 4.78 is 24.9. The smallest absolute Gasteiger partial charge is 0.257 e. The Labute approximate surface area is 78.7 Å². The molecule has 0 radical (unpaired) electrons. The SMILES string of the molecule is O=S(=O)(NCCBr)c1ccn[nH]1. The third kappa shape index (κ3) is 2.29. The maximum absolute atomic E-state index is 11.2. The van der Waals surface area contributed by atoms with E-state index in [0.29, 0.717) is 11.9 Å². The number of sulfonamides is 1. The summed E-state index contributed by atoms with van der Waals surface area (Å²) in [6, 6.07) is 1.40. The first kappa shape index (κ1) is 9.69. The van der Waals surface area contributed by atoms with Crippen molar-refractivity contribution in [1.82, 2.24) is 14.9 Å². The highest BCUT2D eigenvalue weighted by Crippen LogP contribution is 2.01. The van der Waals surface area contributed by atoms with Gasteiger partial charge in [0.05, 0.1) is 6.20 Å². The number of nitrogens with zero attached hydrogens (tertiary/aromatic N) is 1. The zero-order valence-electron chi connectivity index (χ0n) is 6.12. The van der Waals surface area contributed by atoms with Crippen LogP contribution < -0.4 is 4.72 Å². The molecule has 0 fully saturated rings. The molecule has 0 unspecified atom stereocenters. The molecule has 0 aliphatic rings. The Morgan fingerprint density at radius 1 is 1.67 bits per heavy atom. The minimum atomic E-state index is -3.38. The van der Waals surface area contributed by atoms with Gasteiger partial charge in [0.1, 0.15) is 0 Å². The minimum absolute atomic E-state index is 0.0865. The number of aromatic amines is 1. The van der Waals surface area contributed by atoms with Gasteiger partial charge in [0.25, 0.3) is 10.0 Å². The van der Waals surface area contributed by atoms with Crippen molar-refractivity contribution in [2.45, 2.75) is 5.03 Å². The standard InChI is InChI=1S/C5H8BrN3O2S/c6-2-4-8-12(10,11)5-1-3-7-9-5/h1,3,8H,2,4H2,(H,7,9). The Balaban J connectivity index is 2.74. The number of H-pyrrole nitrogens is 1. The van der Waals surface area contributed by atoms with Gasteiger partial charge in [-0.05, 0) is 6.07 Å². The number of aromatic nitrogens is 2. The van der Waals surface area contributed by atoms with Crippen molar-refractivity contribution >= 4 is 26.0 Å². The normalized spacial score (nSPS) is 11.8. The number of halogens is 1. The van der Waals surface area contributed by atoms with E-state index in [1.807, 2.05) is 0 Å². The maximum Gasteiger partial charge on any atom is 0.257 e. The zero-order valence-corrected chi connectivity index (χ0v) is 8.52. The molecule has 0 saturated carbocycles. The molecule has 0 bridgehead atoms. The van der Waals surface area contributed by atoms with Crippen LogP contribution in [0.15, 0.2) is 17.3 Å². The molecule has 0 atom stereocenters. The fraction of sp³-hybridized carbons (Fsp3) is 0.400. The molecule has 1 heterocycles. The Morgan fingerprint density at radius 3 is 2.92 bits per heavy atom. The molecule has 0 aliphatic heterocycles. The first-order valence-electron chi connectivity index (χ1n) is 3.22. The van der Waals surface area contributed by atoms with Gasteiger partial charge in [-0.3, -0.25) is 5.10 Å². The van der Waals surface area contributed by atoms with E-state index in [9.17, 15) is 8.42 Å². The average molecular weight is 254 g/mol. The van der Waals surface area contributed by atoms with Crippen LogP contribution in [0.3, 0.4) is 0 Å². The fourth-order valence-corrected chi connectivity index (χ4v) is 2.04. The second-order valence-corrected chi connectivity index (χ2v) is 4.54. The molecule has 0 aliphatic carbocycles. The third-order valence-corrected chi connectivity index (χ3v) is 2.94. The van der Waals surface area contributed by atoms with E-state index in [2.05, 4.69) is 30.8 Å². The fourth-order valence-electron chi connectivity index (χ4n) is 0.643. The quantitative estimate of drug-likeness (QED) is 0.747. The van der Waals surface area contributed by atoms with Crippen molar-refractivity contribution in [3.8, 4) is 0 Å². The van der Waals surface area contributed by atoms with Gasteiger partial charge in [0, 0.05) is 11.9 Å². The van der Waals surface area contributed by atoms with Crippen LogP contribution in [0, 0.1) is 0 Å². The molecular weight excluding hydrogens is 246 g/mol. The van der Waals surface area contributed by atoms with Crippen molar-refractivity contribution < 1.29 is 8.42 Å². The molecule has 12 heavy (non-hydrogen) atoms. The van der Waals surface area contributed by atoms with E-state index in [4.69, 9.17) is 0 Å². The van der Waals surface area contributed by atoms with Crippen LogP contribution in [0.5, 0.6) is 0 Å². The molecule has 0 aromatic carbocycles. The molecule has 0 amide bonds. The van der Waals surface area contributed by atoms with E-state index in [1.54, 1.807) is 0 Å². The lowest BCUT2D eigenvalue weighted by Gasteiger charge is -2.00. The summed E-state index contributed by atoms with van der Waals surface area (Å²) in [5, 5.41) is 6.58. The molecule has 68 valence electrons. The highest BCUT2D eigenvalue weighted by molar-refractivity contribution is 9.09. The number of nitrogens with one attached hydrogen (secondary N) is 2. The molecule has 1 aromatic rings. The van der Waals surface area contributed by atoms with Crippen molar-refractivity contribution in [2.24, 2.45) is 0 Å². The second kappa shape index (κ2) is 4.01. The van der Waals surface area contributed by atoms with Gasteiger partial charge in [-0.25, -0.2) is 13.1 Å². The highest BCUT2D eigenvalue weighted by Gasteiger charge is 2.13. The Morgan fingerprint density at radius 2 is 2.42 bits per heavy atom. The summed E-state index contributed by atoms with van der Waals surface area (Å²) in [6.07, 6.45) is 1.39. The topological polar surface area (TPSA) is 74.8 Å². The van der Waals surface area contributed by atoms with E-state index in [1.165, 1.54) is 12.3 Å². The van der Waals surface area contributed by atoms with Gasteiger partial charge in [0.2, 0.25) is 0 Å². The van der Waals surface area contributed by atoms with Crippen molar-refractivity contribution in [3.05, 3.63) is 12.3 Å². The number of hydrogen-bond donors (Lipinski definition) is 2. The van der Waals surface area contributed by atoms with Crippen LogP contribution in [0.4, 0.5) is 0 Å². The van der Waals surface area contributed by atoms with Gasteiger partial charge in [0.15, 0.2) is 5.03 Å². The number of hydrogen-bond acceptors (Lipinski definition) is 3. The first-order chi connectivity index (χ1) is 5.67. The monoisotopic (exact) mass is 253 g/mol. The van der Waals surface area contributed by atoms with Crippen molar-refractivity contribution in [3.63, 3.8) is 0 Å². The summed E-state index contributed by atoms with van der Waals surface area (Å²) in [6.45, 7) is 0.362. The van der Waals surface area contributed by atoms with E-state index in [0.717, 1.165) is 0 Å². The largest absolute Gasteiger partial charge is 0.266 e. The molecule has 7 heteroatoms. The Bertz CT molecular complexity index is 320. The zero-order chi connectivity index (χ0) is 9.03. The van der Waals surface area contributed by atoms with Gasteiger partial charge >= 0.3 is 0 Å². The van der Waals surface area contributed by atoms with E-state index >= 15 is 0 Å². The molecular formula is C5H8BrN3O2S. The lowest BCUT2D eigenvalue weighted by Crippen LogP contribution is -2.25. The molecule has 0 saturated heterocycles. The molecule has 1 aromatic heterocycles. The van der Waals surface area contributed by atoms with Crippen molar-refractivity contribution in [2.75, 3.05) is 11.9 Å². The molecule has 2 N–H and O–H groups in total. The number of alkyl halides is 1. The van der Waals surface area contributed by atoms with Crippen LogP contribution >= 0.6 is 15.9 Å². The summed E-state index contributed by atoms with van der Waals surface area (Å²) in [5.74, 6) is 0. The van der Waals surface area contributed by atoms with Crippen LogP contribution in [0.25, 0.3) is 0 Å². The predicted molar refractivity (Wildman–Crippen MR) is 47.6 cm³/mol. The van der Waals surface area contributed by atoms with Gasteiger partial charge in [-0.2, -0.15) is 5.10 Å². The molecule has 1 rings (SSSR count).